The number of nitrogens with zero attached hydrogens (tertiary/aromatic N) is 2. The second-order valence-corrected chi connectivity index (χ2v) is 8.29. The summed E-state index contributed by atoms with van der Waals surface area (Å²) in [5, 5.41) is 2.71. The van der Waals surface area contributed by atoms with Crippen LogP contribution in [-0.2, 0) is 14.3 Å². The predicted molar refractivity (Wildman–Crippen MR) is 115 cm³/mol. The van der Waals surface area contributed by atoms with Gasteiger partial charge in [-0.2, -0.15) is 0 Å². The molecule has 7 heteroatoms. The van der Waals surface area contributed by atoms with E-state index in [1.165, 1.54) is 0 Å². The van der Waals surface area contributed by atoms with Gasteiger partial charge in [-0.25, -0.2) is 0 Å². The smallest absolute Gasteiger partial charge is 0.245 e. The van der Waals surface area contributed by atoms with Crippen LogP contribution in [0.4, 0.5) is 0 Å². The van der Waals surface area contributed by atoms with Gasteiger partial charge in [0.25, 0.3) is 0 Å². The van der Waals surface area contributed by atoms with Crippen LogP contribution in [0, 0.1) is 11.8 Å². The fraction of sp³-hybridized carbons (Fsp3) is 0.800. The Balaban J connectivity index is 5.85. The number of carbonyl (C=O) groups excluding carboxylic acids is 2. The van der Waals surface area contributed by atoms with Gasteiger partial charge in [-0.05, 0) is 45.5 Å². The van der Waals surface area contributed by atoms with Crippen LogP contribution in [-0.4, -0.2) is 80.2 Å². The van der Waals surface area contributed by atoms with Crippen molar-refractivity contribution in [1.29, 1.82) is 0 Å². The molecule has 0 rings (SSSR count). The molecule has 0 radical (unpaired) electrons. The zero-order chi connectivity index (χ0) is 21.1. The minimum absolute atomic E-state index is 0.0698. The lowest BCUT2D eigenvalue weighted by molar-refractivity contribution is -0.150. The van der Waals surface area contributed by atoms with Gasteiger partial charge in [0.2, 0.25) is 11.8 Å². The van der Waals surface area contributed by atoms with Crippen molar-refractivity contribution in [2.75, 3.05) is 40.4 Å². The second-order valence-electron chi connectivity index (χ2n) is 7.48. The van der Waals surface area contributed by atoms with Crippen molar-refractivity contribution in [2.45, 2.75) is 52.3 Å². The van der Waals surface area contributed by atoms with Crippen LogP contribution in [0.2, 0.25) is 0 Å². The molecular formula is C20H39N3O3S. The van der Waals surface area contributed by atoms with Gasteiger partial charge < -0.3 is 15.0 Å². The van der Waals surface area contributed by atoms with E-state index in [2.05, 4.69) is 18.3 Å². The van der Waals surface area contributed by atoms with Gasteiger partial charge in [-0.3, -0.25) is 14.5 Å². The van der Waals surface area contributed by atoms with Crippen molar-refractivity contribution in [3.05, 3.63) is 12.2 Å². The number of nitrogens with one attached hydrogen (secondary N) is 1. The maximum Gasteiger partial charge on any atom is 0.245 e. The summed E-state index contributed by atoms with van der Waals surface area (Å²) in [7, 11) is 7.09. The molecule has 0 aromatic carbocycles. The van der Waals surface area contributed by atoms with E-state index < -0.39 is 12.1 Å². The molecule has 0 saturated heterocycles. The maximum atomic E-state index is 13.2. The Bertz CT molecular complexity index is 475. The van der Waals surface area contributed by atoms with Crippen LogP contribution in [0.15, 0.2) is 12.2 Å². The zero-order valence-electron chi connectivity index (χ0n) is 18.5. The van der Waals surface area contributed by atoms with E-state index in [1.807, 2.05) is 52.1 Å². The molecule has 0 heterocycles. The van der Waals surface area contributed by atoms with E-state index in [9.17, 15) is 9.59 Å². The third-order valence-electron chi connectivity index (χ3n) is 4.71. The number of thioether (sulfide) groups is 1. The summed E-state index contributed by atoms with van der Waals surface area (Å²) in [6, 6.07) is -0.981. The van der Waals surface area contributed by atoms with Gasteiger partial charge in [-0.1, -0.05) is 32.9 Å². The van der Waals surface area contributed by atoms with Crippen LogP contribution in [0.25, 0.3) is 0 Å². The molecule has 0 aromatic rings. The Morgan fingerprint density at radius 3 is 2.15 bits per heavy atom. The number of rotatable bonds is 12. The predicted octanol–water partition coefficient (Wildman–Crippen LogP) is 2.45. The first-order valence-corrected chi connectivity index (χ1v) is 10.9. The molecule has 0 saturated carbocycles. The Labute approximate surface area is 170 Å². The Hall–Kier alpha value is -1.05. The third-order valence-corrected chi connectivity index (χ3v) is 5.09. The average Bonchev–Trinajstić information content (AvgIpc) is 2.61. The van der Waals surface area contributed by atoms with Gasteiger partial charge in [0.05, 0.1) is 18.1 Å². The number of hydrogen-bond acceptors (Lipinski definition) is 5. The fourth-order valence-corrected chi connectivity index (χ4v) is 3.63. The first-order chi connectivity index (χ1) is 12.6. The van der Waals surface area contributed by atoms with Crippen molar-refractivity contribution in [3.63, 3.8) is 0 Å². The molecule has 1 N–H and O–H groups in total. The van der Waals surface area contributed by atoms with Crippen LogP contribution < -0.4 is 5.32 Å². The van der Waals surface area contributed by atoms with Crippen LogP contribution in [0.5, 0.6) is 0 Å². The molecule has 158 valence electrons. The SMILES string of the molecule is C/C=C/CC(C)C(OCSC)C(C(=O)NC)N(C)C(=O)C(C(C)C)N(C)C. The molecule has 0 bridgehead atoms. The highest BCUT2D eigenvalue weighted by Crippen LogP contribution is 2.23. The average molecular weight is 402 g/mol. The molecule has 27 heavy (non-hydrogen) atoms. The zero-order valence-corrected chi connectivity index (χ0v) is 19.3. The van der Waals surface area contributed by atoms with Crippen LogP contribution >= 0.6 is 11.8 Å². The third kappa shape index (κ3) is 7.84. The van der Waals surface area contributed by atoms with Crippen LogP contribution in [0.3, 0.4) is 0 Å². The molecule has 6 nitrogen and oxygen atoms in total. The number of amides is 2. The summed E-state index contributed by atoms with van der Waals surface area (Å²) in [5.74, 6) is 0.418. The number of hydrogen-bond donors (Lipinski definition) is 1. The summed E-state index contributed by atoms with van der Waals surface area (Å²) in [5.41, 5.74) is 0. The van der Waals surface area contributed by atoms with Gasteiger partial charge >= 0.3 is 0 Å². The summed E-state index contributed by atoms with van der Waals surface area (Å²) in [6.07, 6.45) is 6.41. The normalized spacial score (nSPS) is 16.4. The number of likely N-dealkylation sites (N-methyl/N-ethyl adjacent to an activating group) is 3. The number of allylic oxidation sites excluding steroid dienone is 2. The highest BCUT2D eigenvalue weighted by molar-refractivity contribution is 7.98. The van der Waals surface area contributed by atoms with Crippen molar-refractivity contribution >= 4 is 23.6 Å². The quantitative estimate of drug-likeness (QED) is 0.402. The molecule has 4 atom stereocenters. The molecule has 4 unspecified atom stereocenters. The molecular weight excluding hydrogens is 362 g/mol. The lowest BCUT2D eigenvalue weighted by Crippen LogP contribution is -2.59. The molecule has 0 aromatic heterocycles. The van der Waals surface area contributed by atoms with E-state index in [1.54, 1.807) is 30.8 Å². The lowest BCUT2D eigenvalue weighted by Gasteiger charge is -2.39. The minimum Gasteiger partial charge on any atom is -0.365 e. The molecule has 0 aliphatic heterocycles. The first-order valence-electron chi connectivity index (χ1n) is 9.50. The standard InChI is InChI=1S/C20H39N3O3S/c1-10-11-12-15(4)18(26-13-27-9)17(19(24)21-5)23(8)20(25)16(14(2)3)22(6)7/h10-11,14-18H,12-13H2,1-9H3,(H,21,24)/b11-10+. The number of ether oxygens (including phenoxy) is 1. The summed E-state index contributed by atoms with van der Waals surface area (Å²) < 4.78 is 6.07. The molecule has 0 aliphatic carbocycles. The van der Waals surface area contributed by atoms with Crippen molar-refractivity contribution in [2.24, 2.45) is 11.8 Å². The van der Waals surface area contributed by atoms with E-state index in [0.29, 0.717) is 5.94 Å². The Morgan fingerprint density at radius 2 is 1.74 bits per heavy atom. The first kappa shape index (κ1) is 26.0. The summed E-state index contributed by atoms with van der Waals surface area (Å²) in [4.78, 5) is 29.5. The minimum atomic E-state index is -0.684. The van der Waals surface area contributed by atoms with Crippen molar-refractivity contribution in [1.82, 2.24) is 15.1 Å². The van der Waals surface area contributed by atoms with Gasteiger partial charge in [0, 0.05) is 14.1 Å². The number of carbonyl (C=O) groups is 2. The van der Waals surface area contributed by atoms with E-state index in [0.717, 1.165) is 6.42 Å². The van der Waals surface area contributed by atoms with E-state index in [4.69, 9.17) is 4.74 Å². The highest BCUT2D eigenvalue weighted by Gasteiger charge is 2.40. The van der Waals surface area contributed by atoms with Crippen LogP contribution in [0.1, 0.15) is 34.1 Å². The Morgan fingerprint density at radius 1 is 1.15 bits per heavy atom. The topological polar surface area (TPSA) is 61.9 Å². The maximum absolute atomic E-state index is 13.2. The Kier molecular flexibility index (Phi) is 12.7. The van der Waals surface area contributed by atoms with Crippen molar-refractivity contribution < 1.29 is 14.3 Å². The molecule has 0 spiro atoms. The van der Waals surface area contributed by atoms with Gasteiger partial charge in [0.1, 0.15) is 6.04 Å². The summed E-state index contributed by atoms with van der Waals surface area (Å²) >= 11 is 1.56. The van der Waals surface area contributed by atoms with E-state index >= 15 is 0 Å². The largest absolute Gasteiger partial charge is 0.365 e. The van der Waals surface area contributed by atoms with Gasteiger partial charge in [-0.15, -0.1) is 11.8 Å². The fourth-order valence-electron chi connectivity index (χ4n) is 3.34. The van der Waals surface area contributed by atoms with Gasteiger partial charge in [0.15, 0.2) is 0 Å². The van der Waals surface area contributed by atoms with E-state index in [-0.39, 0.29) is 29.7 Å². The monoisotopic (exact) mass is 401 g/mol. The second kappa shape index (κ2) is 13.2. The highest BCUT2D eigenvalue weighted by atomic mass is 32.2. The lowest BCUT2D eigenvalue weighted by atomic mass is 9.91. The molecule has 0 fully saturated rings. The molecule has 0 aliphatic rings. The van der Waals surface area contributed by atoms with Crippen molar-refractivity contribution in [3.8, 4) is 0 Å². The molecule has 2 amide bonds. The summed E-state index contributed by atoms with van der Waals surface area (Å²) in [6.45, 7) is 8.06.